The topological polar surface area (TPSA) is 84.7 Å². The minimum atomic E-state index is -0.852. The molecule has 5 nitrogen and oxygen atoms in total. The molecular formula is C14H9BrF2N4O. The van der Waals surface area contributed by atoms with Crippen LogP contribution >= 0.6 is 15.9 Å². The normalized spacial score (nSPS) is 11.1. The van der Waals surface area contributed by atoms with Crippen LogP contribution in [0, 0.1) is 18.7 Å². The second-order valence-electron chi connectivity index (χ2n) is 4.72. The largest absolute Gasteiger partial charge is 0.382 e. The van der Waals surface area contributed by atoms with Gasteiger partial charge < -0.3 is 10.7 Å². The summed E-state index contributed by atoms with van der Waals surface area (Å²) < 4.78 is 27.5. The van der Waals surface area contributed by atoms with E-state index in [9.17, 15) is 13.6 Å². The molecule has 112 valence electrons. The zero-order chi connectivity index (χ0) is 16.0. The number of aromatic amines is 1. The van der Waals surface area contributed by atoms with Crippen molar-refractivity contribution in [2.45, 2.75) is 6.92 Å². The van der Waals surface area contributed by atoms with Gasteiger partial charge in [0, 0.05) is 11.8 Å². The first-order valence-electron chi connectivity index (χ1n) is 6.19. The molecule has 0 amide bonds. The lowest BCUT2D eigenvalue weighted by Crippen LogP contribution is -2.09. The lowest BCUT2D eigenvalue weighted by molar-refractivity contribution is 0.571. The highest BCUT2D eigenvalue weighted by Gasteiger charge is 2.16. The number of H-pyrrole nitrogens is 1. The highest BCUT2D eigenvalue weighted by Crippen LogP contribution is 2.29. The van der Waals surface area contributed by atoms with Crippen LogP contribution in [-0.4, -0.2) is 15.0 Å². The molecule has 0 unspecified atom stereocenters. The third kappa shape index (κ3) is 2.25. The number of nitrogens with two attached hydrogens (primary N) is 1. The van der Waals surface area contributed by atoms with Crippen LogP contribution in [0.5, 0.6) is 0 Å². The van der Waals surface area contributed by atoms with Crippen molar-refractivity contribution in [2.75, 3.05) is 5.73 Å². The zero-order valence-corrected chi connectivity index (χ0v) is 12.8. The molecule has 1 aromatic carbocycles. The zero-order valence-electron chi connectivity index (χ0n) is 11.2. The van der Waals surface area contributed by atoms with Crippen molar-refractivity contribution in [3.63, 3.8) is 0 Å². The van der Waals surface area contributed by atoms with Gasteiger partial charge in [-0.15, -0.1) is 0 Å². The molecule has 0 atom stereocenters. The molecule has 3 N–H and O–H groups in total. The number of halogens is 3. The van der Waals surface area contributed by atoms with Gasteiger partial charge in [-0.2, -0.15) is 9.37 Å². The predicted octanol–water partition coefficient (Wildman–Crippen LogP) is 2.92. The Morgan fingerprint density at radius 3 is 2.73 bits per heavy atom. The maximum atomic E-state index is 14.3. The Morgan fingerprint density at radius 1 is 1.27 bits per heavy atom. The Morgan fingerprint density at radius 2 is 2.00 bits per heavy atom. The van der Waals surface area contributed by atoms with Gasteiger partial charge in [0.15, 0.2) is 10.4 Å². The van der Waals surface area contributed by atoms with Crippen LogP contribution < -0.4 is 11.3 Å². The first kappa shape index (κ1) is 14.6. The summed E-state index contributed by atoms with van der Waals surface area (Å²) in [6.07, 6.45) is 1.49. The van der Waals surface area contributed by atoms with Crippen LogP contribution in [0.15, 0.2) is 27.7 Å². The monoisotopic (exact) mass is 366 g/mol. The van der Waals surface area contributed by atoms with Gasteiger partial charge in [-0.05, 0) is 45.9 Å². The summed E-state index contributed by atoms with van der Waals surface area (Å²) in [6.45, 7) is 1.73. The summed E-state index contributed by atoms with van der Waals surface area (Å²) in [5, 5.41) is 0.386. The number of anilines is 1. The Labute approximate surface area is 131 Å². The predicted molar refractivity (Wildman–Crippen MR) is 82.4 cm³/mol. The number of nitrogens with one attached hydrogen (secondary N) is 1. The summed E-state index contributed by atoms with van der Waals surface area (Å²) >= 11 is 2.92. The molecule has 8 heteroatoms. The Kier molecular flexibility index (Phi) is 3.40. The molecular weight excluding hydrogens is 358 g/mol. The van der Waals surface area contributed by atoms with Crippen LogP contribution in [0.25, 0.3) is 22.0 Å². The highest BCUT2D eigenvalue weighted by molar-refractivity contribution is 9.10. The molecule has 3 aromatic rings. The van der Waals surface area contributed by atoms with Crippen molar-refractivity contribution >= 4 is 32.5 Å². The van der Waals surface area contributed by atoms with Gasteiger partial charge in [0.05, 0.1) is 5.39 Å². The summed E-state index contributed by atoms with van der Waals surface area (Å²) in [4.78, 5) is 21.7. The molecule has 0 aliphatic carbocycles. The Hall–Kier alpha value is -2.35. The lowest BCUT2D eigenvalue weighted by Gasteiger charge is -2.09. The second kappa shape index (κ2) is 5.13. The van der Waals surface area contributed by atoms with Crippen LogP contribution in [0.2, 0.25) is 0 Å². The molecule has 0 saturated heterocycles. The van der Waals surface area contributed by atoms with E-state index in [4.69, 9.17) is 5.73 Å². The van der Waals surface area contributed by atoms with E-state index in [0.29, 0.717) is 16.5 Å². The fraction of sp³-hybridized carbons (Fsp3) is 0.0714. The van der Waals surface area contributed by atoms with Crippen LogP contribution in [-0.2, 0) is 0 Å². The van der Waals surface area contributed by atoms with Crippen molar-refractivity contribution in [1.82, 2.24) is 15.0 Å². The van der Waals surface area contributed by atoms with E-state index in [1.165, 1.54) is 6.20 Å². The fourth-order valence-electron chi connectivity index (χ4n) is 2.23. The lowest BCUT2D eigenvalue weighted by atomic mass is 10.0. The fourth-order valence-corrected chi connectivity index (χ4v) is 2.49. The molecule has 0 bridgehead atoms. The molecule has 0 spiro atoms. The number of pyridine rings is 1. The molecule has 22 heavy (non-hydrogen) atoms. The van der Waals surface area contributed by atoms with Crippen molar-refractivity contribution in [3.8, 4) is 11.3 Å². The summed E-state index contributed by atoms with van der Waals surface area (Å²) in [6, 6.07) is 2.70. The van der Waals surface area contributed by atoms with Crippen LogP contribution in [0.1, 0.15) is 5.56 Å². The van der Waals surface area contributed by atoms with Crippen molar-refractivity contribution < 1.29 is 8.78 Å². The SMILES string of the molecule is Cc1c[nH]c(=O)c2c(F)cc(-c3nc(Br)c(F)nc3N)cc12. The van der Waals surface area contributed by atoms with Gasteiger partial charge in [-0.25, -0.2) is 9.37 Å². The average molecular weight is 367 g/mol. The van der Waals surface area contributed by atoms with Gasteiger partial charge in [0.1, 0.15) is 11.5 Å². The summed E-state index contributed by atoms with van der Waals surface area (Å²) in [5.41, 5.74) is 6.26. The molecule has 0 radical (unpaired) electrons. The number of aryl methyl sites for hydroxylation is 1. The van der Waals surface area contributed by atoms with Gasteiger partial charge in [0.25, 0.3) is 5.56 Å². The molecule has 0 aliphatic heterocycles. The number of aromatic nitrogens is 3. The third-order valence-electron chi connectivity index (χ3n) is 3.28. The first-order chi connectivity index (χ1) is 10.4. The number of nitrogen functional groups attached to an aromatic ring is 1. The Bertz CT molecular complexity index is 971. The molecule has 2 aromatic heterocycles. The van der Waals surface area contributed by atoms with Gasteiger partial charge >= 0.3 is 0 Å². The molecule has 0 aliphatic rings. The molecule has 3 rings (SSSR count). The number of hydrogen-bond donors (Lipinski definition) is 2. The number of hydrogen-bond acceptors (Lipinski definition) is 4. The second-order valence-corrected chi connectivity index (χ2v) is 5.47. The minimum Gasteiger partial charge on any atom is -0.382 e. The van der Waals surface area contributed by atoms with E-state index in [1.54, 1.807) is 13.0 Å². The number of rotatable bonds is 1. The van der Waals surface area contributed by atoms with E-state index < -0.39 is 17.3 Å². The maximum Gasteiger partial charge on any atom is 0.258 e. The average Bonchev–Trinajstić information content (AvgIpc) is 2.46. The number of nitrogens with zero attached hydrogens (tertiary/aromatic N) is 2. The van der Waals surface area contributed by atoms with Gasteiger partial charge in [0.2, 0.25) is 5.95 Å². The molecule has 0 fully saturated rings. The number of fused-ring (bicyclic) bond motifs is 1. The van der Waals surface area contributed by atoms with Crippen molar-refractivity contribution in [2.24, 2.45) is 0 Å². The van der Waals surface area contributed by atoms with E-state index in [1.807, 2.05) is 0 Å². The molecule has 0 saturated carbocycles. The Balaban J connectivity index is 2.37. The first-order valence-corrected chi connectivity index (χ1v) is 6.98. The third-order valence-corrected chi connectivity index (χ3v) is 3.78. The van der Waals surface area contributed by atoms with Gasteiger partial charge in [-0.3, -0.25) is 4.79 Å². The number of benzene rings is 1. The van der Waals surface area contributed by atoms with E-state index in [-0.39, 0.29) is 21.5 Å². The maximum absolute atomic E-state index is 14.3. The van der Waals surface area contributed by atoms with Crippen molar-refractivity contribution in [3.05, 3.63) is 50.6 Å². The van der Waals surface area contributed by atoms with Crippen LogP contribution in [0.4, 0.5) is 14.6 Å². The van der Waals surface area contributed by atoms with Crippen LogP contribution in [0.3, 0.4) is 0 Å². The van der Waals surface area contributed by atoms with E-state index in [2.05, 4.69) is 30.9 Å². The highest BCUT2D eigenvalue weighted by atomic mass is 79.9. The minimum absolute atomic E-state index is 0.0449. The quantitative estimate of drug-likeness (QED) is 0.693. The van der Waals surface area contributed by atoms with E-state index >= 15 is 0 Å². The smallest absolute Gasteiger partial charge is 0.258 e. The van der Waals surface area contributed by atoms with E-state index in [0.717, 1.165) is 6.07 Å². The molecule has 2 heterocycles. The summed E-state index contributed by atoms with van der Waals surface area (Å²) in [7, 11) is 0. The van der Waals surface area contributed by atoms with Gasteiger partial charge in [-0.1, -0.05) is 0 Å². The standard InChI is InChI=1S/C14H9BrF2N4O/c1-5-4-19-14(22)9-7(5)2-6(3-8(9)16)10-13(18)21-12(17)11(15)20-10/h2-4H,1H3,(H2,18,21)(H,19,22). The van der Waals surface area contributed by atoms with Crippen molar-refractivity contribution in [1.29, 1.82) is 0 Å². The summed E-state index contributed by atoms with van der Waals surface area (Å²) in [5.74, 6) is -1.73.